The lowest BCUT2D eigenvalue weighted by Gasteiger charge is -2.27. The Morgan fingerprint density at radius 2 is 1.18 bits per heavy atom. The minimum Gasteiger partial charge on any atom is -0.307 e. The molecule has 25 nitrogen and oxygen atoms in total. The molecule has 67 heavy (non-hydrogen) atoms. The van der Waals surface area contributed by atoms with Gasteiger partial charge in [0.25, 0.3) is 66.6 Å². The molecule has 0 aromatic heterocycles. The molecule has 0 fully saturated rings. The van der Waals surface area contributed by atoms with Crippen molar-refractivity contribution in [1.82, 2.24) is 0 Å². The second kappa shape index (κ2) is 16.3. The molecular weight excluding hydrogens is 1020 g/mol. The van der Waals surface area contributed by atoms with Gasteiger partial charge in [-0.25, -0.2) is 9.79 Å². The molecular formula is C36H28N4O21S6. The van der Waals surface area contributed by atoms with Crippen molar-refractivity contribution in [2.24, 2.45) is 4.99 Å². The number of aliphatic imine (C=N–C) groups is 1. The summed E-state index contributed by atoms with van der Waals surface area (Å²) in [7, 11) is -34.4. The zero-order chi connectivity index (χ0) is 49.7. The van der Waals surface area contributed by atoms with Crippen LogP contribution in [0.4, 0.5) is 21.9 Å². The van der Waals surface area contributed by atoms with Gasteiger partial charge >= 0.3 is 6.03 Å². The van der Waals surface area contributed by atoms with Crippen molar-refractivity contribution in [3.8, 4) is 0 Å². The van der Waals surface area contributed by atoms with Crippen LogP contribution in [-0.2, 0) is 65.5 Å². The first-order chi connectivity index (χ1) is 30.7. The normalized spacial score (nSPS) is 21.1. The van der Waals surface area contributed by atoms with Gasteiger partial charge in [-0.2, -0.15) is 50.5 Å². The lowest BCUT2D eigenvalue weighted by molar-refractivity contribution is -0.107. The fourth-order valence-electron chi connectivity index (χ4n) is 7.74. The number of hydrogen-bond acceptors (Lipinski definition) is 15. The minimum absolute atomic E-state index is 0.132. The monoisotopic (exact) mass is 1040 g/mol. The van der Waals surface area contributed by atoms with Gasteiger partial charge in [0.1, 0.15) is 30.1 Å². The Bertz CT molecular complexity index is 3970. The molecule has 4 aliphatic rings. The van der Waals surface area contributed by atoms with Crippen molar-refractivity contribution in [3.05, 3.63) is 110 Å². The second-order valence-corrected chi connectivity index (χ2v) is 23.1. The molecule has 0 radical (unpaired) electrons. The van der Waals surface area contributed by atoms with Crippen molar-refractivity contribution in [3.63, 3.8) is 0 Å². The smallest absolute Gasteiger partial charge is 0.307 e. The number of aryl methyl sites for hydroxylation is 1. The third-order valence-electron chi connectivity index (χ3n) is 10.4. The first-order valence-electron chi connectivity index (χ1n) is 18.0. The molecule has 0 saturated carbocycles. The molecule has 4 amide bonds. The predicted molar refractivity (Wildman–Crippen MR) is 234 cm³/mol. The third-order valence-corrected chi connectivity index (χ3v) is 16.1. The molecule has 0 saturated heterocycles. The lowest BCUT2D eigenvalue weighted by Crippen LogP contribution is -2.48. The maximum Gasteiger partial charge on any atom is 0.323 e. The fourth-order valence-corrected chi connectivity index (χ4v) is 12.8. The Kier molecular flexibility index (Phi) is 11.9. The van der Waals surface area contributed by atoms with Gasteiger partial charge in [0.2, 0.25) is 6.41 Å². The van der Waals surface area contributed by atoms with Crippen LogP contribution in [0.5, 0.6) is 0 Å². The quantitative estimate of drug-likeness (QED) is 0.0999. The second-order valence-electron chi connectivity index (χ2n) is 14.5. The van der Waals surface area contributed by atoms with Gasteiger partial charge in [-0.3, -0.25) is 41.8 Å². The zero-order valence-electron chi connectivity index (χ0n) is 33.0. The highest BCUT2D eigenvalue weighted by Crippen LogP contribution is 2.37. The minimum atomic E-state index is -6.04. The van der Waals surface area contributed by atoms with Crippen LogP contribution in [0.15, 0.2) is 92.3 Å². The summed E-state index contributed by atoms with van der Waals surface area (Å²) in [5.74, 6) is -1.56. The molecule has 2 atom stereocenters. The van der Waals surface area contributed by atoms with E-state index in [4.69, 9.17) is 0 Å². The number of hydrogen-bond donors (Lipinski definition) is 8. The van der Waals surface area contributed by atoms with Gasteiger partial charge in [-0.1, -0.05) is 18.2 Å². The first kappa shape index (κ1) is 48.8. The Hall–Kier alpha value is -6.10. The first-order valence-corrected chi connectivity index (χ1v) is 26.8. The van der Waals surface area contributed by atoms with Crippen molar-refractivity contribution >= 4 is 124 Å². The molecule has 3 aromatic rings. The van der Waals surface area contributed by atoms with Crippen LogP contribution in [0.25, 0.3) is 22.0 Å². The van der Waals surface area contributed by atoms with Gasteiger partial charge in [0.15, 0.2) is 0 Å². The molecule has 1 heterocycles. The van der Waals surface area contributed by atoms with Gasteiger partial charge < -0.3 is 10.6 Å². The Balaban J connectivity index is 1.74. The summed E-state index contributed by atoms with van der Waals surface area (Å²) in [6, 6.07) is 3.62. The van der Waals surface area contributed by atoms with Crippen molar-refractivity contribution in [2.75, 3.05) is 15.5 Å². The summed E-state index contributed by atoms with van der Waals surface area (Å²) >= 11 is 0. The molecule has 3 aromatic carbocycles. The molecule has 1 aliphatic heterocycles. The number of urea groups is 1. The summed E-state index contributed by atoms with van der Waals surface area (Å²) < 4.78 is 220. The molecule has 3 aliphatic carbocycles. The molecule has 31 heteroatoms. The van der Waals surface area contributed by atoms with Crippen LogP contribution in [0.3, 0.4) is 0 Å². The molecule has 2 unspecified atom stereocenters. The van der Waals surface area contributed by atoms with E-state index in [2.05, 4.69) is 4.99 Å². The number of carbonyl (C=O) groups excluding carboxylic acids is 3. The van der Waals surface area contributed by atoms with Crippen molar-refractivity contribution < 1.29 is 92.2 Å². The number of benzene rings is 3. The summed E-state index contributed by atoms with van der Waals surface area (Å²) in [5.41, 5.74) is -5.72. The van der Waals surface area contributed by atoms with E-state index < -0.39 is 164 Å². The maximum absolute atomic E-state index is 14.0. The van der Waals surface area contributed by atoms with E-state index in [1.54, 1.807) is 0 Å². The van der Waals surface area contributed by atoms with Crippen molar-refractivity contribution in [2.45, 2.75) is 33.6 Å². The summed E-state index contributed by atoms with van der Waals surface area (Å²) in [6.07, 6.45) is 3.85. The van der Waals surface area contributed by atoms with Gasteiger partial charge in [0, 0.05) is 37.7 Å². The summed E-state index contributed by atoms with van der Waals surface area (Å²) in [5, 5.41) is -5.92. The number of carbonyl (C=O) groups is 3. The summed E-state index contributed by atoms with van der Waals surface area (Å²) in [4.78, 5) is 39.5. The van der Waals surface area contributed by atoms with E-state index >= 15 is 0 Å². The highest BCUT2D eigenvalue weighted by atomic mass is 32.2. The molecule has 8 N–H and O–H groups in total. The third kappa shape index (κ3) is 9.06. The van der Waals surface area contributed by atoms with Crippen LogP contribution in [0.1, 0.15) is 22.3 Å². The van der Waals surface area contributed by atoms with E-state index in [1.807, 2.05) is 10.6 Å². The van der Waals surface area contributed by atoms with Crippen LogP contribution >= 0.6 is 0 Å². The SMILES string of the molecule is Cc1ccc2cc1N(C=O)C1=C/C(=C3\C(S(=O)(=O)O)=c4c(ccc(S(=O)(=O)O)c4=CC3S(=O)(=O)O)NC(=O)Nc3ccc(S(=O)(=O)O)c4c3=C(S(=O)(=O)O)/C(=N\C2=O)C(S(=O)(=O)O)C=4)CC=C1. The van der Waals surface area contributed by atoms with Crippen molar-refractivity contribution in [1.29, 1.82) is 0 Å². The van der Waals surface area contributed by atoms with Crippen LogP contribution < -0.4 is 36.4 Å². The predicted octanol–water partition coefficient (Wildman–Crippen LogP) is -1.38. The zero-order valence-corrected chi connectivity index (χ0v) is 37.9. The molecule has 8 bridgehead atoms. The number of allylic oxidation sites excluding steroid dienone is 4. The number of fused-ring (bicyclic) bond motifs is 5. The van der Waals surface area contributed by atoms with E-state index in [9.17, 15) is 92.2 Å². The van der Waals surface area contributed by atoms with E-state index in [-0.39, 0.29) is 29.4 Å². The Morgan fingerprint density at radius 1 is 0.672 bits per heavy atom. The fraction of sp³-hybridized carbons (Fsp3) is 0.111. The highest BCUT2D eigenvalue weighted by Gasteiger charge is 2.42. The van der Waals surface area contributed by atoms with Crippen LogP contribution in [0.2, 0.25) is 0 Å². The van der Waals surface area contributed by atoms with E-state index in [0.29, 0.717) is 30.3 Å². The molecule has 354 valence electrons. The van der Waals surface area contributed by atoms with E-state index in [1.165, 1.54) is 25.1 Å². The molecule has 0 spiro atoms. The average Bonchev–Trinajstić information content (AvgIpc) is 3.18. The lowest BCUT2D eigenvalue weighted by atomic mass is 9.92. The van der Waals surface area contributed by atoms with Crippen LogP contribution in [-0.4, -0.2) is 112 Å². The Labute approximate surface area is 377 Å². The number of amides is 4. The summed E-state index contributed by atoms with van der Waals surface area (Å²) in [6.45, 7) is 1.39. The average molecular weight is 1050 g/mol. The standard InChI is InChI=1S/C36H28N4O21S6/c1-16-5-6-18-12-24(16)40(15-41)19-4-2-3-17(11-19)29-27(64(50,51)52)13-20-25(62(44,45)46)9-7-22(30(20)33(29)66(56,57)58)37-36(43)38-23-8-10-26(63(47,48)49)21-14-28(65(53,54)55)32(39-35(18)42)34(31(21)23)67(59,60)61/h2,4-15,27-28H,3H2,1H3,(H2,37,38,43)(H,44,45,46)(H,47,48,49)(H,50,51,52)(H,53,54,55)(H,56,57,58)(H,59,60,61)/b29-17-,39-32-. The van der Waals surface area contributed by atoms with Gasteiger partial charge in [-0.05, 0) is 79.1 Å². The topological polar surface area (TPSA) is 417 Å². The number of anilines is 3. The maximum atomic E-state index is 14.0. The molecule has 7 rings (SSSR count). The van der Waals surface area contributed by atoms with Gasteiger partial charge in [0.05, 0.1) is 22.8 Å². The highest BCUT2D eigenvalue weighted by molar-refractivity contribution is 7.97. The number of nitrogens with one attached hydrogen (secondary N) is 2. The Morgan fingerprint density at radius 3 is 1.66 bits per heavy atom. The number of rotatable bonds is 7. The van der Waals surface area contributed by atoms with Gasteiger partial charge in [-0.15, -0.1) is 0 Å². The number of nitrogens with zero attached hydrogens (tertiary/aromatic N) is 2. The largest absolute Gasteiger partial charge is 0.323 e. The van der Waals surface area contributed by atoms with Crippen LogP contribution in [0, 0.1) is 6.92 Å². The van der Waals surface area contributed by atoms with E-state index in [0.717, 1.165) is 23.1 Å².